The molecular weight excluding hydrogens is 234 g/mol. The van der Waals surface area contributed by atoms with Gasteiger partial charge in [0, 0.05) is 13.1 Å². The smallest absolute Gasteiger partial charge is 0.0953 e. The van der Waals surface area contributed by atoms with Crippen molar-refractivity contribution in [2.24, 2.45) is 5.92 Å². The standard InChI is InChI=1S/C17H27NO/c1-4-13-7-9-15(10-8-13)17-12-18-11-16(19-17)14(5-2)6-3/h7-10,14,16-18H,4-6,11-12H2,1-3H3. The van der Waals surface area contributed by atoms with Crippen LogP contribution >= 0.6 is 0 Å². The summed E-state index contributed by atoms with van der Waals surface area (Å²) in [5.41, 5.74) is 2.70. The average Bonchev–Trinajstić information content (AvgIpc) is 2.49. The third-order valence-corrected chi connectivity index (χ3v) is 4.35. The van der Waals surface area contributed by atoms with E-state index in [0.717, 1.165) is 19.5 Å². The zero-order valence-electron chi connectivity index (χ0n) is 12.5. The van der Waals surface area contributed by atoms with Gasteiger partial charge >= 0.3 is 0 Å². The molecule has 1 N–H and O–H groups in total. The third-order valence-electron chi connectivity index (χ3n) is 4.35. The summed E-state index contributed by atoms with van der Waals surface area (Å²) in [6, 6.07) is 8.89. The highest BCUT2D eigenvalue weighted by Crippen LogP contribution is 2.27. The van der Waals surface area contributed by atoms with Crippen molar-refractivity contribution >= 4 is 0 Å². The first-order valence-electron chi connectivity index (χ1n) is 7.73. The van der Waals surface area contributed by atoms with E-state index in [1.165, 1.54) is 24.0 Å². The molecule has 19 heavy (non-hydrogen) atoms. The fourth-order valence-corrected chi connectivity index (χ4v) is 2.92. The van der Waals surface area contributed by atoms with E-state index >= 15 is 0 Å². The second-order valence-corrected chi connectivity index (χ2v) is 5.49. The molecule has 106 valence electrons. The summed E-state index contributed by atoms with van der Waals surface area (Å²) in [4.78, 5) is 0. The van der Waals surface area contributed by atoms with Crippen molar-refractivity contribution in [1.82, 2.24) is 5.32 Å². The van der Waals surface area contributed by atoms with E-state index in [9.17, 15) is 0 Å². The zero-order valence-corrected chi connectivity index (χ0v) is 12.5. The Balaban J connectivity index is 2.03. The number of hydrogen-bond donors (Lipinski definition) is 1. The first-order valence-corrected chi connectivity index (χ1v) is 7.73. The fraction of sp³-hybridized carbons (Fsp3) is 0.647. The van der Waals surface area contributed by atoms with Gasteiger partial charge in [-0.15, -0.1) is 0 Å². The van der Waals surface area contributed by atoms with Crippen molar-refractivity contribution in [3.05, 3.63) is 35.4 Å². The summed E-state index contributed by atoms with van der Waals surface area (Å²) < 4.78 is 6.33. The van der Waals surface area contributed by atoms with Crippen LogP contribution in [0, 0.1) is 5.92 Å². The Morgan fingerprint density at radius 3 is 2.37 bits per heavy atom. The average molecular weight is 261 g/mol. The van der Waals surface area contributed by atoms with Crippen LogP contribution in [0.1, 0.15) is 50.8 Å². The van der Waals surface area contributed by atoms with Crippen LogP contribution in [0.4, 0.5) is 0 Å². The molecule has 0 aromatic heterocycles. The van der Waals surface area contributed by atoms with Gasteiger partial charge in [-0.05, 0) is 23.5 Å². The Kier molecular flexibility index (Phi) is 5.41. The Bertz CT molecular complexity index is 369. The minimum absolute atomic E-state index is 0.213. The van der Waals surface area contributed by atoms with Gasteiger partial charge in [0.2, 0.25) is 0 Å². The minimum Gasteiger partial charge on any atom is -0.367 e. The number of rotatable bonds is 5. The highest BCUT2D eigenvalue weighted by molar-refractivity contribution is 5.24. The monoisotopic (exact) mass is 261 g/mol. The number of ether oxygens (including phenoxy) is 1. The summed E-state index contributed by atoms with van der Waals surface area (Å²) in [5, 5.41) is 3.54. The van der Waals surface area contributed by atoms with Gasteiger partial charge in [0.05, 0.1) is 12.2 Å². The lowest BCUT2D eigenvalue weighted by molar-refractivity contribution is -0.0688. The third kappa shape index (κ3) is 3.58. The van der Waals surface area contributed by atoms with Gasteiger partial charge in [-0.3, -0.25) is 0 Å². The van der Waals surface area contributed by atoms with E-state index < -0.39 is 0 Å². The summed E-state index contributed by atoms with van der Waals surface area (Å²) >= 11 is 0. The molecule has 1 aromatic carbocycles. The SMILES string of the molecule is CCc1ccc(C2CNCC(C(CC)CC)O2)cc1. The summed E-state index contributed by atoms with van der Waals surface area (Å²) in [6.07, 6.45) is 4.07. The number of benzene rings is 1. The molecule has 1 aliphatic heterocycles. The van der Waals surface area contributed by atoms with Crippen LogP contribution < -0.4 is 5.32 Å². The molecule has 2 atom stereocenters. The van der Waals surface area contributed by atoms with Gasteiger partial charge in [-0.1, -0.05) is 57.9 Å². The topological polar surface area (TPSA) is 21.3 Å². The van der Waals surface area contributed by atoms with Crippen LogP contribution in [0.3, 0.4) is 0 Å². The normalized spacial score (nSPS) is 23.8. The second-order valence-electron chi connectivity index (χ2n) is 5.49. The molecule has 0 saturated carbocycles. The lowest BCUT2D eigenvalue weighted by Crippen LogP contribution is -2.44. The van der Waals surface area contributed by atoms with Gasteiger partial charge < -0.3 is 10.1 Å². The van der Waals surface area contributed by atoms with Crippen molar-refractivity contribution in [2.45, 2.75) is 52.2 Å². The van der Waals surface area contributed by atoms with Gasteiger partial charge in [-0.25, -0.2) is 0 Å². The van der Waals surface area contributed by atoms with E-state index in [4.69, 9.17) is 4.74 Å². The number of hydrogen-bond acceptors (Lipinski definition) is 2. The molecule has 2 heteroatoms. The van der Waals surface area contributed by atoms with Crippen LogP contribution in [-0.2, 0) is 11.2 Å². The van der Waals surface area contributed by atoms with Crippen LogP contribution in [0.25, 0.3) is 0 Å². The Morgan fingerprint density at radius 2 is 1.79 bits per heavy atom. The molecule has 0 spiro atoms. The maximum atomic E-state index is 6.33. The fourth-order valence-electron chi connectivity index (χ4n) is 2.92. The molecular formula is C17H27NO. The maximum Gasteiger partial charge on any atom is 0.0953 e. The van der Waals surface area contributed by atoms with Crippen molar-refractivity contribution in [3.8, 4) is 0 Å². The van der Waals surface area contributed by atoms with E-state index in [2.05, 4.69) is 50.4 Å². The molecule has 1 fully saturated rings. The molecule has 0 amide bonds. The van der Waals surface area contributed by atoms with E-state index in [0.29, 0.717) is 12.0 Å². The summed E-state index contributed by atoms with van der Waals surface area (Å²) in [6.45, 7) is 8.64. The molecule has 1 aliphatic rings. The van der Waals surface area contributed by atoms with E-state index in [1.807, 2.05) is 0 Å². The number of nitrogens with one attached hydrogen (secondary N) is 1. The molecule has 2 nitrogen and oxygen atoms in total. The maximum absolute atomic E-state index is 6.33. The highest BCUT2D eigenvalue weighted by Gasteiger charge is 2.27. The van der Waals surface area contributed by atoms with Gasteiger partial charge in [0.15, 0.2) is 0 Å². The Morgan fingerprint density at radius 1 is 1.11 bits per heavy atom. The van der Waals surface area contributed by atoms with E-state index in [-0.39, 0.29) is 6.10 Å². The van der Waals surface area contributed by atoms with Crippen LogP contribution in [-0.4, -0.2) is 19.2 Å². The van der Waals surface area contributed by atoms with Gasteiger partial charge in [0.1, 0.15) is 0 Å². The van der Waals surface area contributed by atoms with Crippen molar-refractivity contribution in [1.29, 1.82) is 0 Å². The minimum atomic E-state index is 0.213. The predicted octanol–water partition coefficient (Wildman–Crippen LogP) is 3.71. The summed E-state index contributed by atoms with van der Waals surface area (Å²) in [5.74, 6) is 0.671. The molecule has 0 bridgehead atoms. The summed E-state index contributed by atoms with van der Waals surface area (Å²) in [7, 11) is 0. The Labute approximate surface area is 117 Å². The van der Waals surface area contributed by atoms with Gasteiger partial charge in [-0.2, -0.15) is 0 Å². The van der Waals surface area contributed by atoms with Crippen molar-refractivity contribution < 1.29 is 4.74 Å². The van der Waals surface area contributed by atoms with E-state index in [1.54, 1.807) is 0 Å². The predicted molar refractivity (Wildman–Crippen MR) is 80.4 cm³/mol. The van der Waals surface area contributed by atoms with Crippen LogP contribution in [0.2, 0.25) is 0 Å². The molecule has 2 unspecified atom stereocenters. The zero-order chi connectivity index (χ0) is 13.7. The van der Waals surface area contributed by atoms with Crippen LogP contribution in [0.5, 0.6) is 0 Å². The highest BCUT2D eigenvalue weighted by atomic mass is 16.5. The number of morpholine rings is 1. The molecule has 1 heterocycles. The molecule has 0 radical (unpaired) electrons. The van der Waals surface area contributed by atoms with Crippen molar-refractivity contribution in [3.63, 3.8) is 0 Å². The lowest BCUT2D eigenvalue weighted by atomic mass is 9.94. The first-order chi connectivity index (χ1) is 9.28. The van der Waals surface area contributed by atoms with Gasteiger partial charge in [0.25, 0.3) is 0 Å². The molecule has 1 aromatic rings. The largest absolute Gasteiger partial charge is 0.367 e. The van der Waals surface area contributed by atoms with Crippen LogP contribution in [0.15, 0.2) is 24.3 Å². The second kappa shape index (κ2) is 7.06. The first kappa shape index (κ1) is 14.5. The quantitative estimate of drug-likeness (QED) is 0.872. The molecule has 2 rings (SSSR count). The molecule has 1 saturated heterocycles. The van der Waals surface area contributed by atoms with Crippen molar-refractivity contribution in [2.75, 3.05) is 13.1 Å². The number of aryl methyl sites for hydroxylation is 1. The molecule has 0 aliphatic carbocycles. The Hall–Kier alpha value is -0.860. The lowest BCUT2D eigenvalue weighted by Gasteiger charge is -2.35.